The molecule has 0 saturated carbocycles. The largest absolute Gasteiger partial charge is 0.416 e. The van der Waals surface area contributed by atoms with Crippen molar-refractivity contribution in [3.63, 3.8) is 0 Å². The average Bonchev–Trinajstić information content (AvgIpc) is 3.06. The van der Waals surface area contributed by atoms with E-state index in [1.807, 2.05) is 5.38 Å². The number of nitrogens with two attached hydrogens (primary N) is 1. The summed E-state index contributed by atoms with van der Waals surface area (Å²) < 4.78 is 37.8. The Morgan fingerprint density at radius 1 is 1.26 bits per heavy atom. The highest BCUT2D eigenvalue weighted by Crippen LogP contribution is 2.32. The van der Waals surface area contributed by atoms with Crippen molar-refractivity contribution in [1.82, 2.24) is 9.88 Å². The van der Waals surface area contributed by atoms with E-state index < -0.39 is 11.7 Å². The number of likely N-dealkylation sites (tertiary alicyclic amines) is 1. The zero-order valence-corrected chi connectivity index (χ0v) is 13.5. The van der Waals surface area contributed by atoms with Gasteiger partial charge in [0.25, 0.3) is 0 Å². The summed E-state index contributed by atoms with van der Waals surface area (Å²) >= 11 is 1.45. The minimum Gasteiger partial charge on any atom is -0.326 e. The van der Waals surface area contributed by atoms with Crippen molar-refractivity contribution in [2.24, 2.45) is 11.7 Å². The number of rotatable bonds is 3. The summed E-state index contributed by atoms with van der Waals surface area (Å²) in [5, 5.41) is 2.70. The van der Waals surface area contributed by atoms with Gasteiger partial charge in [-0.3, -0.25) is 4.90 Å². The quantitative estimate of drug-likeness (QED) is 0.927. The maximum atomic E-state index is 12.6. The molecule has 0 radical (unpaired) electrons. The zero-order chi connectivity index (χ0) is 16.6. The number of aromatic nitrogens is 1. The molecule has 1 aromatic carbocycles. The first-order chi connectivity index (χ1) is 10.8. The number of hydrogen-bond donors (Lipinski definition) is 1. The molecular weight excluding hydrogens is 323 g/mol. The second kappa shape index (κ2) is 6.22. The minimum absolute atomic E-state index is 0.197. The van der Waals surface area contributed by atoms with Crippen LogP contribution in [0.4, 0.5) is 13.2 Å². The Morgan fingerprint density at radius 3 is 2.52 bits per heavy atom. The summed E-state index contributed by atoms with van der Waals surface area (Å²) in [5.74, 6) is 0.475. The Labute approximate surface area is 136 Å². The summed E-state index contributed by atoms with van der Waals surface area (Å²) in [6.07, 6.45) is -4.31. The van der Waals surface area contributed by atoms with Crippen LogP contribution in [0.15, 0.2) is 29.6 Å². The second-order valence-corrected chi connectivity index (χ2v) is 6.91. The highest BCUT2D eigenvalue weighted by Gasteiger charge is 2.30. The van der Waals surface area contributed by atoms with E-state index in [2.05, 4.69) is 16.8 Å². The first-order valence-electron chi connectivity index (χ1n) is 7.43. The number of benzene rings is 1. The SMILES string of the molecule is CC1CN(Cc2csc(-c3ccc(C(F)(F)F)cc3)n2)CC1N. The lowest BCUT2D eigenvalue weighted by Gasteiger charge is -2.12. The van der Waals surface area contributed by atoms with Gasteiger partial charge in [-0.15, -0.1) is 11.3 Å². The molecule has 3 nitrogen and oxygen atoms in total. The fourth-order valence-electron chi connectivity index (χ4n) is 2.77. The van der Waals surface area contributed by atoms with Gasteiger partial charge in [-0.25, -0.2) is 4.98 Å². The summed E-state index contributed by atoms with van der Waals surface area (Å²) in [7, 11) is 0. The van der Waals surface area contributed by atoms with E-state index in [4.69, 9.17) is 5.73 Å². The molecule has 3 rings (SSSR count). The Hall–Kier alpha value is -1.44. The van der Waals surface area contributed by atoms with Crippen LogP contribution in [0.2, 0.25) is 0 Å². The summed E-state index contributed by atoms with van der Waals surface area (Å²) in [6.45, 7) is 4.68. The molecule has 0 spiro atoms. The van der Waals surface area contributed by atoms with Crippen LogP contribution in [0.25, 0.3) is 10.6 Å². The van der Waals surface area contributed by atoms with Crippen molar-refractivity contribution in [2.45, 2.75) is 25.7 Å². The maximum Gasteiger partial charge on any atom is 0.416 e. The molecule has 0 bridgehead atoms. The molecule has 23 heavy (non-hydrogen) atoms. The number of hydrogen-bond acceptors (Lipinski definition) is 4. The van der Waals surface area contributed by atoms with Crippen molar-refractivity contribution in [3.8, 4) is 10.6 Å². The van der Waals surface area contributed by atoms with Gasteiger partial charge in [0.15, 0.2) is 0 Å². The monoisotopic (exact) mass is 341 g/mol. The third-order valence-corrected chi connectivity index (χ3v) is 5.08. The van der Waals surface area contributed by atoms with Gasteiger partial charge in [-0.1, -0.05) is 19.1 Å². The summed E-state index contributed by atoms with van der Waals surface area (Å²) in [4.78, 5) is 6.81. The molecule has 1 aliphatic heterocycles. The molecule has 2 N–H and O–H groups in total. The highest BCUT2D eigenvalue weighted by molar-refractivity contribution is 7.13. The molecule has 1 fully saturated rings. The number of alkyl halides is 3. The molecule has 2 heterocycles. The first-order valence-corrected chi connectivity index (χ1v) is 8.31. The Balaban J connectivity index is 1.70. The van der Waals surface area contributed by atoms with Gasteiger partial charge in [-0.2, -0.15) is 13.2 Å². The van der Waals surface area contributed by atoms with Crippen LogP contribution < -0.4 is 5.73 Å². The van der Waals surface area contributed by atoms with Gasteiger partial charge in [0.05, 0.1) is 11.3 Å². The average molecular weight is 341 g/mol. The van der Waals surface area contributed by atoms with E-state index in [0.717, 1.165) is 42.5 Å². The molecule has 1 aliphatic rings. The topological polar surface area (TPSA) is 42.2 Å². The molecular formula is C16H18F3N3S. The van der Waals surface area contributed by atoms with Crippen molar-refractivity contribution in [1.29, 1.82) is 0 Å². The highest BCUT2D eigenvalue weighted by atomic mass is 32.1. The van der Waals surface area contributed by atoms with Gasteiger partial charge in [0.2, 0.25) is 0 Å². The van der Waals surface area contributed by atoms with Crippen LogP contribution >= 0.6 is 11.3 Å². The van der Waals surface area contributed by atoms with Crippen molar-refractivity contribution < 1.29 is 13.2 Å². The lowest BCUT2D eigenvalue weighted by Crippen LogP contribution is -2.28. The van der Waals surface area contributed by atoms with Crippen LogP contribution in [0, 0.1) is 5.92 Å². The third-order valence-electron chi connectivity index (χ3n) is 4.14. The number of halogens is 3. The lowest BCUT2D eigenvalue weighted by molar-refractivity contribution is -0.137. The Morgan fingerprint density at radius 2 is 1.96 bits per heavy atom. The molecule has 0 amide bonds. The fourth-order valence-corrected chi connectivity index (χ4v) is 3.58. The second-order valence-electron chi connectivity index (χ2n) is 6.05. The van der Waals surface area contributed by atoms with Crippen molar-refractivity contribution >= 4 is 11.3 Å². The van der Waals surface area contributed by atoms with Crippen LogP contribution in [0.3, 0.4) is 0 Å². The van der Waals surface area contributed by atoms with Gasteiger partial charge >= 0.3 is 6.18 Å². The standard InChI is InChI=1S/C16H18F3N3S/c1-10-6-22(8-14(10)20)7-13-9-23-15(21-13)11-2-4-12(5-3-11)16(17,18)19/h2-5,9-10,14H,6-8,20H2,1H3. The molecule has 0 aliphatic carbocycles. The predicted molar refractivity (Wildman–Crippen MR) is 85.0 cm³/mol. The van der Waals surface area contributed by atoms with E-state index in [1.54, 1.807) is 0 Å². The third kappa shape index (κ3) is 3.73. The van der Waals surface area contributed by atoms with Gasteiger partial charge < -0.3 is 5.73 Å². The number of nitrogens with zero attached hydrogens (tertiary/aromatic N) is 2. The van der Waals surface area contributed by atoms with Crippen molar-refractivity contribution in [3.05, 3.63) is 40.9 Å². The van der Waals surface area contributed by atoms with E-state index in [-0.39, 0.29) is 6.04 Å². The molecule has 124 valence electrons. The van der Waals surface area contributed by atoms with E-state index in [0.29, 0.717) is 11.5 Å². The van der Waals surface area contributed by atoms with E-state index >= 15 is 0 Å². The van der Waals surface area contributed by atoms with Crippen LogP contribution in [0.1, 0.15) is 18.2 Å². The van der Waals surface area contributed by atoms with E-state index in [9.17, 15) is 13.2 Å². The Kier molecular flexibility index (Phi) is 4.44. The lowest BCUT2D eigenvalue weighted by atomic mass is 10.1. The minimum atomic E-state index is -4.31. The van der Waals surface area contributed by atoms with Gasteiger partial charge in [0, 0.05) is 36.6 Å². The maximum absolute atomic E-state index is 12.6. The summed E-state index contributed by atoms with van der Waals surface area (Å²) in [6, 6.07) is 5.33. The Bertz CT molecular complexity index is 656. The van der Waals surface area contributed by atoms with E-state index in [1.165, 1.54) is 23.5 Å². The number of thiazole rings is 1. The van der Waals surface area contributed by atoms with Gasteiger partial charge in [-0.05, 0) is 18.1 Å². The molecule has 1 saturated heterocycles. The van der Waals surface area contributed by atoms with Crippen LogP contribution in [-0.4, -0.2) is 29.0 Å². The predicted octanol–water partition coefficient (Wildman–Crippen LogP) is 3.61. The van der Waals surface area contributed by atoms with Crippen LogP contribution in [-0.2, 0) is 12.7 Å². The zero-order valence-electron chi connectivity index (χ0n) is 12.7. The molecule has 7 heteroatoms. The van der Waals surface area contributed by atoms with Crippen molar-refractivity contribution in [2.75, 3.05) is 13.1 Å². The normalized spacial score (nSPS) is 22.7. The molecule has 2 unspecified atom stereocenters. The van der Waals surface area contributed by atoms with Gasteiger partial charge in [0.1, 0.15) is 5.01 Å². The van der Waals surface area contributed by atoms with Crippen LogP contribution in [0.5, 0.6) is 0 Å². The first kappa shape index (κ1) is 16.4. The molecule has 2 aromatic rings. The summed E-state index contributed by atoms with van der Waals surface area (Å²) in [5.41, 5.74) is 7.02. The smallest absolute Gasteiger partial charge is 0.326 e. The molecule has 1 aromatic heterocycles. The fraction of sp³-hybridized carbons (Fsp3) is 0.438. The molecule has 2 atom stereocenters.